The molecule has 5 nitrogen and oxygen atoms in total. The predicted octanol–water partition coefficient (Wildman–Crippen LogP) is 4.07. The molecule has 1 heterocycles. The fourth-order valence-electron chi connectivity index (χ4n) is 2.55. The first-order chi connectivity index (χ1) is 11.1. The molecule has 0 radical (unpaired) electrons. The fraction of sp³-hybridized carbons (Fsp3) is 0.529. The maximum atomic E-state index is 12.6. The Morgan fingerprint density at radius 3 is 2.38 bits per heavy atom. The van der Waals surface area contributed by atoms with Gasteiger partial charge in [-0.15, -0.1) is 0 Å². The number of halogens is 2. The minimum atomic E-state index is -0.538. The Hall–Kier alpha value is -1.46. The lowest BCUT2D eigenvalue weighted by Gasteiger charge is -2.40. The standard InChI is InChI=1S/C17H22Cl2N2O3/c1-11-10-20(7-8-21(11)16(23)24-17(2,3)4)15(22)12-5-6-13(18)14(19)9-12/h5-6,9,11H,7-8,10H2,1-4H3. The van der Waals surface area contributed by atoms with E-state index in [1.807, 2.05) is 27.7 Å². The molecule has 1 unspecified atom stereocenters. The van der Waals surface area contributed by atoms with Crippen molar-refractivity contribution >= 4 is 35.2 Å². The third-order valence-electron chi connectivity index (χ3n) is 3.71. The third kappa shape index (κ3) is 4.54. The molecule has 0 spiro atoms. The number of nitrogens with zero attached hydrogens (tertiary/aromatic N) is 2. The number of carbonyl (C=O) groups excluding carboxylic acids is 2. The topological polar surface area (TPSA) is 49.9 Å². The van der Waals surface area contributed by atoms with Gasteiger partial charge in [0.2, 0.25) is 0 Å². The predicted molar refractivity (Wildman–Crippen MR) is 94.8 cm³/mol. The van der Waals surface area contributed by atoms with E-state index in [0.29, 0.717) is 35.2 Å². The van der Waals surface area contributed by atoms with Crippen molar-refractivity contribution in [1.82, 2.24) is 9.80 Å². The van der Waals surface area contributed by atoms with E-state index in [-0.39, 0.29) is 18.0 Å². The zero-order valence-corrected chi connectivity index (χ0v) is 15.8. The molecular formula is C17H22Cl2N2O3. The van der Waals surface area contributed by atoms with Crippen molar-refractivity contribution in [1.29, 1.82) is 0 Å². The number of carbonyl (C=O) groups is 2. The van der Waals surface area contributed by atoms with Crippen LogP contribution >= 0.6 is 23.2 Å². The van der Waals surface area contributed by atoms with Crippen LogP contribution in [0.3, 0.4) is 0 Å². The van der Waals surface area contributed by atoms with E-state index in [1.165, 1.54) is 0 Å². The van der Waals surface area contributed by atoms with E-state index < -0.39 is 5.60 Å². The van der Waals surface area contributed by atoms with Gasteiger partial charge in [-0.3, -0.25) is 4.79 Å². The summed E-state index contributed by atoms with van der Waals surface area (Å²) in [5, 5.41) is 0.763. The average molecular weight is 373 g/mol. The lowest BCUT2D eigenvalue weighted by molar-refractivity contribution is 0.00198. The van der Waals surface area contributed by atoms with Crippen LogP contribution < -0.4 is 0 Å². The zero-order chi connectivity index (χ0) is 18.1. The van der Waals surface area contributed by atoms with Crippen LogP contribution in [0.2, 0.25) is 10.0 Å². The summed E-state index contributed by atoms with van der Waals surface area (Å²) < 4.78 is 5.41. The number of hydrogen-bond acceptors (Lipinski definition) is 3. The van der Waals surface area contributed by atoms with E-state index in [4.69, 9.17) is 27.9 Å². The van der Waals surface area contributed by atoms with Crippen LogP contribution in [0.25, 0.3) is 0 Å². The summed E-state index contributed by atoms with van der Waals surface area (Å²) in [7, 11) is 0. The SMILES string of the molecule is CC1CN(C(=O)c2ccc(Cl)c(Cl)c2)CCN1C(=O)OC(C)(C)C. The van der Waals surface area contributed by atoms with Crippen LogP contribution in [0.15, 0.2) is 18.2 Å². The molecule has 1 aliphatic rings. The molecule has 1 atom stereocenters. The Morgan fingerprint density at radius 1 is 1.17 bits per heavy atom. The summed E-state index contributed by atoms with van der Waals surface area (Å²) in [6, 6.07) is 4.70. The Bertz CT molecular complexity index is 643. The van der Waals surface area contributed by atoms with Gasteiger partial charge < -0.3 is 14.5 Å². The van der Waals surface area contributed by atoms with Gasteiger partial charge in [-0.05, 0) is 45.9 Å². The molecular weight excluding hydrogens is 351 g/mol. The van der Waals surface area contributed by atoms with Gasteiger partial charge in [0, 0.05) is 31.2 Å². The first kappa shape index (κ1) is 18.9. The summed E-state index contributed by atoms with van der Waals surface area (Å²) in [4.78, 5) is 28.2. The van der Waals surface area contributed by atoms with E-state index >= 15 is 0 Å². The average Bonchev–Trinajstić information content (AvgIpc) is 2.47. The van der Waals surface area contributed by atoms with E-state index in [2.05, 4.69) is 0 Å². The normalized spacial score (nSPS) is 18.5. The number of benzene rings is 1. The maximum Gasteiger partial charge on any atom is 0.410 e. The molecule has 0 saturated carbocycles. The molecule has 0 aromatic heterocycles. The molecule has 2 rings (SSSR count). The van der Waals surface area contributed by atoms with Gasteiger partial charge in [-0.2, -0.15) is 0 Å². The second kappa shape index (κ2) is 7.19. The van der Waals surface area contributed by atoms with Crippen LogP contribution in [0, 0.1) is 0 Å². The van der Waals surface area contributed by atoms with Gasteiger partial charge in [0.05, 0.1) is 10.0 Å². The van der Waals surface area contributed by atoms with Crippen LogP contribution in [0.4, 0.5) is 4.79 Å². The number of hydrogen-bond donors (Lipinski definition) is 0. The summed E-state index contributed by atoms with van der Waals surface area (Å²) in [5.74, 6) is -0.121. The minimum Gasteiger partial charge on any atom is -0.444 e. The Morgan fingerprint density at radius 2 is 1.83 bits per heavy atom. The van der Waals surface area contributed by atoms with E-state index in [9.17, 15) is 9.59 Å². The van der Waals surface area contributed by atoms with Crippen molar-refractivity contribution in [2.45, 2.75) is 39.3 Å². The van der Waals surface area contributed by atoms with E-state index in [0.717, 1.165) is 0 Å². The first-order valence-electron chi connectivity index (χ1n) is 7.82. The highest BCUT2D eigenvalue weighted by molar-refractivity contribution is 6.42. The fourth-order valence-corrected chi connectivity index (χ4v) is 2.84. The zero-order valence-electron chi connectivity index (χ0n) is 14.3. The molecule has 2 amide bonds. The van der Waals surface area contributed by atoms with E-state index in [1.54, 1.807) is 28.0 Å². The van der Waals surface area contributed by atoms with Gasteiger partial charge in [-0.25, -0.2) is 4.79 Å². The molecule has 0 bridgehead atoms. The highest BCUT2D eigenvalue weighted by Gasteiger charge is 2.32. The number of rotatable bonds is 1. The van der Waals surface area contributed by atoms with Crippen LogP contribution in [0.5, 0.6) is 0 Å². The lowest BCUT2D eigenvalue weighted by atomic mass is 10.1. The quantitative estimate of drug-likeness (QED) is 0.746. The summed E-state index contributed by atoms with van der Waals surface area (Å²) in [6.07, 6.45) is -0.350. The molecule has 0 N–H and O–H groups in total. The van der Waals surface area contributed by atoms with Gasteiger partial charge in [0.25, 0.3) is 5.91 Å². The van der Waals surface area contributed by atoms with Gasteiger partial charge in [-0.1, -0.05) is 23.2 Å². The second-order valence-corrected chi connectivity index (χ2v) is 7.72. The summed E-state index contributed by atoms with van der Waals surface area (Å²) >= 11 is 11.9. The van der Waals surface area contributed by atoms with Crippen molar-refractivity contribution in [3.63, 3.8) is 0 Å². The molecule has 7 heteroatoms. The smallest absolute Gasteiger partial charge is 0.410 e. The Labute approximate surface area is 152 Å². The Balaban J connectivity index is 2.03. The highest BCUT2D eigenvalue weighted by Crippen LogP contribution is 2.24. The van der Waals surface area contributed by atoms with Crippen LogP contribution in [-0.4, -0.2) is 53.1 Å². The number of amides is 2. The summed E-state index contributed by atoms with van der Waals surface area (Å²) in [5.41, 5.74) is -0.0496. The van der Waals surface area contributed by atoms with Gasteiger partial charge >= 0.3 is 6.09 Å². The van der Waals surface area contributed by atoms with Crippen molar-refractivity contribution < 1.29 is 14.3 Å². The highest BCUT2D eigenvalue weighted by atomic mass is 35.5. The lowest BCUT2D eigenvalue weighted by Crippen LogP contribution is -2.56. The van der Waals surface area contributed by atoms with Crippen LogP contribution in [-0.2, 0) is 4.74 Å². The monoisotopic (exact) mass is 372 g/mol. The van der Waals surface area contributed by atoms with Crippen molar-refractivity contribution in [3.8, 4) is 0 Å². The molecule has 1 saturated heterocycles. The number of ether oxygens (including phenoxy) is 1. The molecule has 132 valence electrons. The third-order valence-corrected chi connectivity index (χ3v) is 4.45. The van der Waals surface area contributed by atoms with Crippen molar-refractivity contribution in [2.24, 2.45) is 0 Å². The molecule has 1 aromatic rings. The van der Waals surface area contributed by atoms with Gasteiger partial charge in [0.15, 0.2) is 0 Å². The Kier molecular flexibility index (Phi) is 5.66. The molecule has 24 heavy (non-hydrogen) atoms. The summed E-state index contributed by atoms with van der Waals surface area (Å²) in [6.45, 7) is 8.72. The molecule has 1 aromatic carbocycles. The maximum absolute atomic E-state index is 12.6. The molecule has 1 aliphatic heterocycles. The van der Waals surface area contributed by atoms with Crippen molar-refractivity contribution in [2.75, 3.05) is 19.6 Å². The van der Waals surface area contributed by atoms with Crippen LogP contribution in [0.1, 0.15) is 38.1 Å². The van der Waals surface area contributed by atoms with Crippen molar-refractivity contribution in [3.05, 3.63) is 33.8 Å². The van der Waals surface area contributed by atoms with Gasteiger partial charge in [0.1, 0.15) is 5.60 Å². The number of piperazine rings is 1. The minimum absolute atomic E-state index is 0.121. The molecule has 0 aliphatic carbocycles. The molecule has 1 fully saturated rings. The first-order valence-corrected chi connectivity index (χ1v) is 8.58. The largest absolute Gasteiger partial charge is 0.444 e. The second-order valence-electron chi connectivity index (χ2n) is 6.90.